The van der Waals surface area contributed by atoms with Gasteiger partial charge >= 0.3 is 0 Å². The van der Waals surface area contributed by atoms with Crippen molar-refractivity contribution in [3.05, 3.63) is 27.7 Å². The molecule has 90 valence electrons. The minimum absolute atomic E-state index is 0.354. The van der Waals surface area contributed by atoms with Gasteiger partial charge < -0.3 is 16.2 Å². The maximum absolute atomic E-state index is 9.92. The van der Waals surface area contributed by atoms with Gasteiger partial charge in [0.2, 0.25) is 0 Å². The van der Waals surface area contributed by atoms with Gasteiger partial charge in [-0.2, -0.15) is 0 Å². The van der Waals surface area contributed by atoms with E-state index in [0.717, 1.165) is 0 Å². The van der Waals surface area contributed by atoms with Crippen LogP contribution in [0.2, 0.25) is 10.0 Å². The van der Waals surface area contributed by atoms with Crippen LogP contribution in [0.5, 0.6) is 0 Å². The number of nitrogens with two attached hydrogens (primary N) is 2. The maximum atomic E-state index is 9.92. The van der Waals surface area contributed by atoms with Crippen LogP contribution in [0, 0.1) is 0 Å². The van der Waals surface area contributed by atoms with Crippen LogP contribution in [0.25, 0.3) is 0 Å². The Labute approximate surface area is 106 Å². The summed E-state index contributed by atoms with van der Waals surface area (Å²) in [5.74, 6) is 0. The molecule has 0 spiro atoms. The van der Waals surface area contributed by atoms with Gasteiger partial charge in [-0.05, 0) is 31.5 Å². The number of nitrogen functional groups attached to an aromatic ring is 1. The number of quaternary nitrogens is 1. The molecule has 0 saturated carbocycles. The molecule has 5 N–H and O–H groups in total. The standard InChI is InChI=1S/C11H16Cl2N2O/c1-6(2)15-5-10(16)7-3-8(12)11(14)9(13)4-7/h3-4,6,10,15-16H,5,14H2,1-2H3/p+1. The second-order valence-electron chi connectivity index (χ2n) is 4.13. The van der Waals surface area contributed by atoms with E-state index in [1.54, 1.807) is 12.1 Å². The first kappa shape index (κ1) is 13.6. The van der Waals surface area contributed by atoms with Crippen LogP contribution in [0.4, 0.5) is 5.69 Å². The number of hydrogen-bond donors (Lipinski definition) is 3. The molecule has 16 heavy (non-hydrogen) atoms. The van der Waals surface area contributed by atoms with Crippen molar-refractivity contribution in [3.8, 4) is 0 Å². The summed E-state index contributed by atoms with van der Waals surface area (Å²) in [7, 11) is 0. The SMILES string of the molecule is CC(C)[NH2+]CC(O)c1cc(Cl)c(N)c(Cl)c1. The number of aliphatic hydroxyl groups is 1. The molecule has 0 saturated heterocycles. The van der Waals surface area contributed by atoms with Gasteiger partial charge in [0.05, 0.1) is 21.8 Å². The highest BCUT2D eigenvalue weighted by molar-refractivity contribution is 6.38. The summed E-state index contributed by atoms with van der Waals surface area (Å²) in [5.41, 5.74) is 6.67. The lowest BCUT2D eigenvalue weighted by Gasteiger charge is -2.13. The van der Waals surface area contributed by atoms with Crippen molar-refractivity contribution in [3.63, 3.8) is 0 Å². The molecule has 1 aromatic rings. The average molecular weight is 264 g/mol. The first-order valence-electron chi connectivity index (χ1n) is 5.17. The molecule has 1 atom stereocenters. The van der Waals surface area contributed by atoms with Crippen LogP contribution >= 0.6 is 23.2 Å². The average Bonchev–Trinajstić information content (AvgIpc) is 2.21. The Bertz CT molecular complexity index is 346. The number of benzene rings is 1. The molecule has 1 aromatic carbocycles. The van der Waals surface area contributed by atoms with Gasteiger partial charge in [-0.1, -0.05) is 23.2 Å². The van der Waals surface area contributed by atoms with Gasteiger partial charge in [-0.15, -0.1) is 0 Å². The Morgan fingerprint density at radius 1 is 1.31 bits per heavy atom. The number of aliphatic hydroxyl groups excluding tert-OH is 1. The van der Waals surface area contributed by atoms with E-state index < -0.39 is 6.10 Å². The van der Waals surface area contributed by atoms with E-state index >= 15 is 0 Å². The van der Waals surface area contributed by atoms with Crippen molar-refractivity contribution in [2.24, 2.45) is 0 Å². The zero-order chi connectivity index (χ0) is 12.3. The van der Waals surface area contributed by atoms with E-state index in [9.17, 15) is 5.11 Å². The molecule has 0 aliphatic carbocycles. The molecule has 0 aromatic heterocycles. The molecule has 0 aliphatic heterocycles. The normalized spacial score (nSPS) is 13.1. The van der Waals surface area contributed by atoms with Crippen molar-refractivity contribution in [1.82, 2.24) is 0 Å². The quantitative estimate of drug-likeness (QED) is 0.723. The summed E-state index contributed by atoms with van der Waals surface area (Å²) in [6.45, 7) is 4.71. The fraction of sp³-hybridized carbons (Fsp3) is 0.455. The van der Waals surface area contributed by atoms with E-state index in [4.69, 9.17) is 28.9 Å². The predicted molar refractivity (Wildman–Crippen MR) is 67.8 cm³/mol. The minimum atomic E-state index is -0.585. The predicted octanol–water partition coefficient (Wildman–Crippen LogP) is 1.58. The molecule has 0 aliphatic rings. The van der Waals surface area contributed by atoms with E-state index in [1.165, 1.54) is 0 Å². The van der Waals surface area contributed by atoms with Gasteiger partial charge in [-0.25, -0.2) is 0 Å². The van der Waals surface area contributed by atoms with Gasteiger partial charge in [0.15, 0.2) is 0 Å². The third kappa shape index (κ3) is 3.52. The number of anilines is 1. The minimum Gasteiger partial charge on any atom is -0.396 e. The molecule has 1 unspecified atom stereocenters. The van der Waals surface area contributed by atoms with Crippen LogP contribution in [-0.2, 0) is 0 Å². The number of halogens is 2. The molecule has 0 fully saturated rings. The lowest BCUT2D eigenvalue weighted by atomic mass is 10.1. The Morgan fingerprint density at radius 3 is 2.25 bits per heavy atom. The lowest BCUT2D eigenvalue weighted by molar-refractivity contribution is -0.689. The van der Waals surface area contributed by atoms with Crippen molar-refractivity contribution in [2.45, 2.75) is 26.0 Å². The zero-order valence-corrected chi connectivity index (χ0v) is 10.9. The van der Waals surface area contributed by atoms with Crippen LogP contribution in [0.15, 0.2) is 12.1 Å². The fourth-order valence-electron chi connectivity index (χ4n) is 1.33. The fourth-order valence-corrected chi connectivity index (χ4v) is 1.84. The van der Waals surface area contributed by atoms with Crippen LogP contribution < -0.4 is 11.1 Å². The molecule has 5 heteroatoms. The molecule has 1 rings (SSSR count). The molecular weight excluding hydrogens is 247 g/mol. The Balaban J connectivity index is 2.80. The van der Waals surface area contributed by atoms with Crippen LogP contribution in [0.1, 0.15) is 25.5 Å². The van der Waals surface area contributed by atoms with Gasteiger partial charge in [-0.3, -0.25) is 0 Å². The molecule has 0 amide bonds. The maximum Gasteiger partial charge on any atom is 0.128 e. The Morgan fingerprint density at radius 2 is 1.81 bits per heavy atom. The van der Waals surface area contributed by atoms with Gasteiger partial charge in [0.1, 0.15) is 12.6 Å². The van der Waals surface area contributed by atoms with Crippen molar-refractivity contribution in [2.75, 3.05) is 12.3 Å². The molecule has 0 bridgehead atoms. The molecule has 3 nitrogen and oxygen atoms in total. The Kier molecular flexibility index (Phi) is 4.87. The summed E-state index contributed by atoms with van der Waals surface area (Å²) in [4.78, 5) is 0. The molecular formula is C11H17Cl2N2O+. The summed E-state index contributed by atoms with van der Waals surface area (Å²) in [6.07, 6.45) is -0.585. The summed E-state index contributed by atoms with van der Waals surface area (Å²) in [6, 6.07) is 3.75. The largest absolute Gasteiger partial charge is 0.396 e. The number of hydrogen-bond acceptors (Lipinski definition) is 2. The zero-order valence-electron chi connectivity index (χ0n) is 9.37. The van der Waals surface area contributed by atoms with E-state index in [1.807, 2.05) is 5.32 Å². The Hall–Kier alpha value is -0.480. The number of rotatable bonds is 4. The smallest absolute Gasteiger partial charge is 0.128 e. The molecule has 0 heterocycles. The van der Waals surface area contributed by atoms with E-state index in [0.29, 0.717) is 33.9 Å². The highest BCUT2D eigenvalue weighted by Gasteiger charge is 2.14. The highest BCUT2D eigenvalue weighted by atomic mass is 35.5. The first-order chi connectivity index (χ1) is 7.41. The third-order valence-corrected chi connectivity index (χ3v) is 2.94. The van der Waals surface area contributed by atoms with E-state index in [-0.39, 0.29) is 0 Å². The second kappa shape index (κ2) is 5.73. The van der Waals surface area contributed by atoms with E-state index in [2.05, 4.69) is 13.8 Å². The monoisotopic (exact) mass is 263 g/mol. The van der Waals surface area contributed by atoms with Gasteiger partial charge in [0, 0.05) is 0 Å². The van der Waals surface area contributed by atoms with Gasteiger partial charge in [0.25, 0.3) is 0 Å². The molecule has 0 radical (unpaired) electrons. The lowest BCUT2D eigenvalue weighted by Crippen LogP contribution is -2.89. The van der Waals surface area contributed by atoms with Crippen LogP contribution in [-0.4, -0.2) is 17.7 Å². The third-order valence-electron chi connectivity index (χ3n) is 2.32. The second-order valence-corrected chi connectivity index (χ2v) is 4.94. The van der Waals surface area contributed by atoms with Crippen molar-refractivity contribution in [1.29, 1.82) is 0 Å². The van der Waals surface area contributed by atoms with Crippen LogP contribution in [0.3, 0.4) is 0 Å². The summed E-state index contributed by atoms with van der Waals surface area (Å²) < 4.78 is 0. The topological polar surface area (TPSA) is 62.9 Å². The highest BCUT2D eigenvalue weighted by Crippen LogP contribution is 2.30. The van der Waals surface area contributed by atoms with Crippen molar-refractivity contribution < 1.29 is 10.4 Å². The first-order valence-corrected chi connectivity index (χ1v) is 5.93. The summed E-state index contributed by atoms with van der Waals surface area (Å²) >= 11 is 11.8. The van der Waals surface area contributed by atoms with Crippen molar-refractivity contribution >= 4 is 28.9 Å². The summed E-state index contributed by atoms with van der Waals surface area (Å²) in [5, 5.41) is 12.7.